The molecule has 0 unspecified atom stereocenters. The van der Waals surface area contributed by atoms with Crippen molar-refractivity contribution in [3.05, 3.63) is 27.5 Å². The molecular formula is C10H12ClN3OS. The van der Waals surface area contributed by atoms with Crippen molar-refractivity contribution in [2.45, 2.75) is 0 Å². The van der Waals surface area contributed by atoms with E-state index in [4.69, 9.17) is 23.8 Å². The van der Waals surface area contributed by atoms with Crippen LogP contribution in [0.25, 0.3) is 0 Å². The van der Waals surface area contributed by atoms with E-state index in [1.807, 2.05) is 0 Å². The topological polar surface area (TPSA) is 48.1 Å². The SMILES string of the molecule is O=C(c1cc(Cl)[nH]c(=S)c1)N1CCNCC1. The Morgan fingerprint density at radius 1 is 1.38 bits per heavy atom. The van der Waals surface area contributed by atoms with Crippen molar-refractivity contribution in [3.63, 3.8) is 0 Å². The normalized spacial score (nSPS) is 16.2. The van der Waals surface area contributed by atoms with E-state index >= 15 is 0 Å². The highest BCUT2D eigenvalue weighted by atomic mass is 35.5. The van der Waals surface area contributed by atoms with Gasteiger partial charge in [0.05, 0.1) is 0 Å². The highest BCUT2D eigenvalue weighted by Crippen LogP contribution is 2.11. The third-order valence-electron chi connectivity index (χ3n) is 2.46. The van der Waals surface area contributed by atoms with Gasteiger partial charge in [-0.3, -0.25) is 4.79 Å². The Labute approximate surface area is 104 Å². The summed E-state index contributed by atoms with van der Waals surface area (Å²) in [5, 5.41) is 3.59. The molecule has 1 saturated heterocycles. The summed E-state index contributed by atoms with van der Waals surface area (Å²) in [6.45, 7) is 3.11. The molecule has 2 N–H and O–H groups in total. The maximum absolute atomic E-state index is 12.1. The van der Waals surface area contributed by atoms with E-state index in [-0.39, 0.29) is 5.91 Å². The van der Waals surface area contributed by atoms with Gasteiger partial charge in [0, 0.05) is 31.7 Å². The van der Waals surface area contributed by atoms with Gasteiger partial charge in [-0.1, -0.05) is 23.8 Å². The smallest absolute Gasteiger partial charge is 0.254 e. The molecule has 0 bridgehead atoms. The van der Waals surface area contributed by atoms with Crippen molar-refractivity contribution in [1.82, 2.24) is 15.2 Å². The summed E-state index contributed by atoms with van der Waals surface area (Å²) in [6, 6.07) is 3.26. The van der Waals surface area contributed by atoms with Crippen LogP contribution < -0.4 is 5.32 Å². The molecular weight excluding hydrogens is 246 g/mol. The predicted octanol–water partition coefficient (Wildman–Crippen LogP) is 1.44. The number of halogens is 1. The van der Waals surface area contributed by atoms with E-state index in [1.165, 1.54) is 0 Å². The van der Waals surface area contributed by atoms with E-state index < -0.39 is 0 Å². The number of carbonyl (C=O) groups excluding carboxylic acids is 1. The molecule has 1 aromatic heterocycles. The minimum Gasteiger partial charge on any atom is -0.337 e. The quantitative estimate of drug-likeness (QED) is 0.591. The second-order valence-electron chi connectivity index (χ2n) is 3.62. The lowest BCUT2D eigenvalue weighted by atomic mass is 10.2. The number of carbonyl (C=O) groups is 1. The van der Waals surface area contributed by atoms with E-state index in [0.717, 1.165) is 26.2 Å². The number of rotatable bonds is 1. The average Bonchev–Trinajstić information content (AvgIpc) is 2.28. The van der Waals surface area contributed by atoms with Crippen LogP contribution in [0.15, 0.2) is 12.1 Å². The number of piperazine rings is 1. The first-order chi connectivity index (χ1) is 7.66. The highest BCUT2D eigenvalue weighted by Gasteiger charge is 2.18. The van der Waals surface area contributed by atoms with Crippen molar-refractivity contribution < 1.29 is 4.79 Å². The van der Waals surface area contributed by atoms with Gasteiger partial charge in [0.2, 0.25) is 0 Å². The average molecular weight is 258 g/mol. The van der Waals surface area contributed by atoms with E-state index in [1.54, 1.807) is 17.0 Å². The Morgan fingerprint density at radius 3 is 2.69 bits per heavy atom. The number of aromatic nitrogens is 1. The van der Waals surface area contributed by atoms with Crippen LogP contribution in [0.5, 0.6) is 0 Å². The monoisotopic (exact) mass is 257 g/mol. The molecule has 0 spiro atoms. The number of aromatic amines is 1. The Balaban J connectivity index is 2.22. The molecule has 86 valence electrons. The molecule has 1 aliphatic heterocycles. The van der Waals surface area contributed by atoms with Gasteiger partial charge >= 0.3 is 0 Å². The summed E-state index contributed by atoms with van der Waals surface area (Å²) in [5.41, 5.74) is 0.552. The Hall–Kier alpha value is -0.910. The largest absolute Gasteiger partial charge is 0.337 e. The lowest BCUT2D eigenvalue weighted by Gasteiger charge is -2.27. The van der Waals surface area contributed by atoms with E-state index in [0.29, 0.717) is 15.4 Å². The molecule has 1 aliphatic rings. The van der Waals surface area contributed by atoms with Crippen molar-refractivity contribution in [2.24, 2.45) is 0 Å². The molecule has 1 amide bonds. The number of hydrogen-bond acceptors (Lipinski definition) is 3. The molecule has 1 fully saturated rings. The van der Waals surface area contributed by atoms with Gasteiger partial charge in [-0.05, 0) is 12.1 Å². The van der Waals surface area contributed by atoms with Crippen LogP contribution in [-0.4, -0.2) is 42.0 Å². The van der Waals surface area contributed by atoms with Crippen LogP contribution in [0.4, 0.5) is 0 Å². The predicted molar refractivity (Wildman–Crippen MR) is 65.4 cm³/mol. The lowest BCUT2D eigenvalue weighted by Crippen LogP contribution is -2.46. The number of hydrogen-bond donors (Lipinski definition) is 2. The molecule has 2 heterocycles. The molecule has 0 saturated carbocycles. The van der Waals surface area contributed by atoms with Crippen LogP contribution in [0.2, 0.25) is 5.15 Å². The molecule has 1 aromatic rings. The standard InChI is InChI=1S/C10H12ClN3OS/c11-8-5-7(6-9(16)13-8)10(15)14-3-1-12-2-4-14/h5-6,12H,1-4H2,(H,13,16). The zero-order valence-corrected chi connectivity index (χ0v) is 10.2. The van der Waals surface area contributed by atoms with Crippen LogP contribution >= 0.6 is 23.8 Å². The van der Waals surface area contributed by atoms with Crippen molar-refractivity contribution in [3.8, 4) is 0 Å². The summed E-state index contributed by atoms with van der Waals surface area (Å²) in [4.78, 5) is 16.7. The fraction of sp³-hybridized carbons (Fsp3) is 0.400. The summed E-state index contributed by atoms with van der Waals surface area (Å²) >= 11 is 10.8. The van der Waals surface area contributed by atoms with Gasteiger partial charge in [0.25, 0.3) is 5.91 Å². The van der Waals surface area contributed by atoms with Crippen LogP contribution in [0.3, 0.4) is 0 Å². The number of pyridine rings is 1. The molecule has 2 rings (SSSR count). The summed E-state index contributed by atoms with van der Waals surface area (Å²) in [7, 11) is 0. The van der Waals surface area contributed by atoms with Crippen LogP contribution in [-0.2, 0) is 0 Å². The molecule has 0 radical (unpaired) electrons. The third-order valence-corrected chi connectivity index (χ3v) is 2.89. The third kappa shape index (κ3) is 2.61. The first kappa shape index (κ1) is 11.6. The summed E-state index contributed by atoms with van der Waals surface area (Å²) in [6.07, 6.45) is 0. The first-order valence-corrected chi connectivity index (χ1v) is 5.85. The van der Waals surface area contributed by atoms with Crippen LogP contribution in [0, 0.1) is 4.64 Å². The minimum absolute atomic E-state index is 0.0106. The van der Waals surface area contributed by atoms with Gasteiger partial charge in [-0.2, -0.15) is 0 Å². The number of nitrogens with one attached hydrogen (secondary N) is 2. The lowest BCUT2D eigenvalue weighted by molar-refractivity contribution is 0.0735. The minimum atomic E-state index is -0.0106. The van der Waals surface area contributed by atoms with E-state index in [9.17, 15) is 4.79 Å². The molecule has 0 aromatic carbocycles. The molecule has 16 heavy (non-hydrogen) atoms. The second kappa shape index (κ2) is 4.95. The van der Waals surface area contributed by atoms with Crippen LogP contribution in [0.1, 0.15) is 10.4 Å². The van der Waals surface area contributed by atoms with Crippen molar-refractivity contribution >= 4 is 29.7 Å². The van der Waals surface area contributed by atoms with Crippen molar-refractivity contribution in [1.29, 1.82) is 0 Å². The van der Waals surface area contributed by atoms with Crippen molar-refractivity contribution in [2.75, 3.05) is 26.2 Å². The Bertz CT molecular complexity index is 454. The zero-order chi connectivity index (χ0) is 11.5. The fourth-order valence-electron chi connectivity index (χ4n) is 1.68. The second-order valence-corrected chi connectivity index (χ2v) is 4.47. The maximum atomic E-state index is 12.1. The number of H-pyrrole nitrogens is 1. The van der Waals surface area contributed by atoms with Gasteiger partial charge in [-0.15, -0.1) is 0 Å². The molecule has 0 aliphatic carbocycles. The first-order valence-electron chi connectivity index (χ1n) is 5.07. The Kier molecular flexibility index (Phi) is 3.58. The number of nitrogens with zero attached hydrogens (tertiary/aromatic N) is 1. The fourth-order valence-corrected chi connectivity index (χ4v) is 2.20. The summed E-state index contributed by atoms with van der Waals surface area (Å²) < 4.78 is 0.478. The van der Waals surface area contributed by atoms with Gasteiger partial charge in [0.1, 0.15) is 9.79 Å². The van der Waals surface area contributed by atoms with E-state index in [2.05, 4.69) is 10.3 Å². The molecule has 4 nitrogen and oxygen atoms in total. The van der Waals surface area contributed by atoms with Gasteiger partial charge in [0.15, 0.2) is 0 Å². The zero-order valence-electron chi connectivity index (χ0n) is 8.62. The Morgan fingerprint density at radius 2 is 2.06 bits per heavy atom. The van der Waals surface area contributed by atoms with Gasteiger partial charge in [-0.25, -0.2) is 0 Å². The molecule has 6 heteroatoms. The number of amides is 1. The maximum Gasteiger partial charge on any atom is 0.254 e. The molecule has 0 atom stereocenters. The van der Waals surface area contributed by atoms with Gasteiger partial charge < -0.3 is 15.2 Å². The highest BCUT2D eigenvalue weighted by molar-refractivity contribution is 7.71. The summed E-state index contributed by atoms with van der Waals surface area (Å²) in [5.74, 6) is -0.0106.